The first-order chi connectivity index (χ1) is 8.83. The third-order valence-electron chi connectivity index (χ3n) is 4.20. The average Bonchev–Trinajstić information content (AvgIpc) is 3.16. The van der Waals surface area contributed by atoms with Crippen LogP contribution in [-0.2, 0) is 13.6 Å². The molecule has 1 atom stereocenters. The van der Waals surface area contributed by atoms with Crippen molar-refractivity contribution >= 4 is 0 Å². The van der Waals surface area contributed by atoms with Crippen molar-refractivity contribution < 1.29 is 0 Å². The molecule has 1 N–H and O–H groups in total. The fraction of sp³-hybridized carbons (Fsp3) is 0.786. The van der Waals surface area contributed by atoms with E-state index in [-0.39, 0.29) is 0 Å². The van der Waals surface area contributed by atoms with Gasteiger partial charge in [-0.15, -0.1) is 0 Å². The molecule has 1 aliphatic carbocycles. The Morgan fingerprint density at radius 3 is 2.89 bits per heavy atom. The predicted molar refractivity (Wildman–Crippen MR) is 72.3 cm³/mol. The average molecular weight is 248 g/mol. The number of nitrogens with zero attached hydrogens (tertiary/aromatic N) is 3. The zero-order chi connectivity index (χ0) is 12.4. The van der Waals surface area contributed by atoms with Crippen LogP contribution >= 0.6 is 0 Å². The van der Waals surface area contributed by atoms with Gasteiger partial charge in [-0.25, -0.2) is 4.98 Å². The summed E-state index contributed by atoms with van der Waals surface area (Å²) >= 11 is 0. The van der Waals surface area contributed by atoms with Crippen LogP contribution in [0.2, 0.25) is 0 Å². The van der Waals surface area contributed by atoms with Gasteiger partial charge in [-0.05, 0) is 32.2 Å². The number of hydrogen-bond acceptors (Lipinski definition) is 3. The van der Waals surface area contributed by atoms with E-state index in [1.165, 1.54) is 51.0 Å². The van der Waals surface area contributed by atoms with Crippen LogP contribution in [0.4, 0.5) is 0 Å². The van der Waals surface area contributed by atoms with E-state index < -0.39 is 0 Å². The van der Waals surface area contributed by atoms with E-state index in [4.69, 9.17) is 0 Å². The van der Waals surface area contributed by atoms with Crippen LogP contribution in [0.15, 0.2) is 12.4 Å². The molecule has 0 spiro atoms. The molecule has 18 heavy (non-hydrogen) atoms. The topological polar surface area (TPSA) is 33.1 Å². The van der Waals surface area contributed by atoms with E-state index in [0.717, 1.165) is 12.6 Å². The van der Waals surface area contributed by atoms with Crippen molar-refractivity contribution in [2.45, 2.75) is 50.7 Å². The molecule has 4 nitrogen and oxygen atoms in total. The Hall–Kier alpha value is -0.870. The highest BCUT2D eigenvalue weighted by atomic mass is 15.2. The van der Waals surface area contributed by atoms with Gasteiger partial charge in [0.15, 0.2) is 0 Å². The van der Waals surface area contributed by atoms with Crippen molar-refractivity contribution in [3.05, 3.63) is 18.2 Å². The van der Waals surface area contributed by atoms with Crippen LogP contribution in [0.1, 0.15) is 37.9 Å². The molecule has 1 aromatic heterocycles. The van der Waals surface area contributed by atoms with E-state index >= 15 is 0 Å². The second kappa shape index (κ2) is 5.41. The van der Waals surface area contributed by atoms with Gasteiger partial charge in [0.05, 0.1) is 6.54 Å². The van der Waals surface area contributed by atoms with Gasteiger partial charge in [0.1, 0.15) is 5.82 Å². The molecule has 1 unspecified atom stereocenters. The molecule has 0 bridgehead atoms. The lowest BCUT2D eigenvalue weighted by atomic mass is 10.0. The molecule has 3 rings (SSSR count). The molecule has 1 saturated carbocycles. The molecule has 1 aromatic rings. The summed E-state index contributed by atoms with van der Waals surface area (Å²) in [6.45, 7) is 3.40. The normalized spacial score (nSPS) is 24.7. The molecule has 0 amide bonds. The van der Waals surface area contributed by atoms with Gasteiger partial charge in [-0.1, -0.05) is 6.42 Å². The first-order valence-corrected chi connectivity index (χ1v) is 7.26. The zero-order valence-electron chi connectivity index (χ0n) is 11.3. The van der Waals surface area contributed by atoms with Crippen LogP contribution in [0, 0.1) is 0 Å². The van der Waals surface area contributed by atoms with E-state index in [0.29, 0.717) is 6.04 Å². The van der Waals surface area contributed by atoms with Crippen molar-refractivity contribution in [2.24, 2.45) is 7.05 Å². The molecule has 100 valence electrons. The molecular formula is C14H24N4. The van der Waals surface area contributed by atoms with Gasteiger partial charge in [0.2, 0.25) is 0 Å². The van der Waals surface area contributed by atoms with E-state index in [1.54, 1.807) is 0 Å². The van der Waals surface area contributed by atoms with Crippen molar-refractivity contribution in [3.8, 4) is 0 Å². The molecule has 0 radical (unpaired) electrons. The van der Waals surface area contributed by atoms with Crippen molar-refractivity contribution in [1.29, 1.82) is 0 Å². The number of hydrogen-bond donors (Lipinski definition) is 1. The van der Waals surface area contributed by atoms with Gasteiger partial charge in [-0.2, -0.15) is 0 Å². The Morgan fingerprint density at radius 2 is 2.28 bits per heavy atom. The third kappa shape index (κ3) is 2.93. The number of aromatic nitrogens is 2. The lowest BCUT2D eigenvalue weighted by Gasteiger charge is -2.30. The van der Waals surface area contributed by atoms with Gasteiger partial charge < -0.3 is 9.88 Å². The first-order valence-electron chi connectivity index (χ1n) is 7.26. The van der Waals surface area contributed by atoms with E-state index in [9.17, 15) is 0 Å². The molecule has 1 saturated heterocycles. The number of aryl methyl sites for hydroxylation is 1. The Morgan fingerprint density at radius 1 is 1.39 bits per heavy atom. The fourth-order valence-electron chi connectivity index (χ4n) is 2.88. The molecule has 2 fully saturated rings. The third-order valence-corrected chi connectivity index (χ3v) is 4.20. The maximum absolute atomic E-state index is 4.46. The first kappa shape index (κ1) is 12.2. The highest BCUT2D eigenvalue weighted by molar-refractivity contribution is 4.95. The van der Waals surface area contributed by atoms with Gasteiger partial charge in [0, 0.05) is 38.1 Å². The number of nitrogens with one attached hydrogen (secondary N) is 1. The Bertz CT molecular complexity index is 377. The molecule has 2 aliphatic rings. The Kier molecular flexibility index (Phi) is 3.66. The lowest BCUT2D eigenvalue weighted by Crippen LogP contribution is -2.44. The molecule has 2 heterocycles. The minimum absolute atomic E-state index is 0.694. The van der Waals surface area contributed by atoms with Gasteiger partial charge in [0.25, 0.3) is 0 Å². The van der Waals surface area contributed by atoms with Crippen LogP contribution in [-0.4, -0.2) is 39.6 Å². The Balaban J connectivity index is 1.59. The standard InChI is InChI=1S/C14H24N4/c1-17-9-8-16-14(17)11-18(13-5-6-13)10-12-4-2-3-7-15-12/h8-9,12-13,15H,2-7,10-11H2,1H3. The van der Waals surface area contributed by atoms with Crippen molar-refractivity contribution in [3.63, 3.8) is 0 Å². The second-order valence-electron chi connectivity index (χ2n) is 5.76. The quantitative estimate of drug-likeness (QED) is 0.858. The van der Waals surface area contributed by atoms with Crippen LogP contribution in [0.3, 0.4) is 0 Å². The van der Waals surface area contributed by atoms with E-state index in [1.807, 2.05) is 12.4 Å². The SMILES string of the molecule is Cn1ccnc1CN(CC1CCCCN1)C1CC1. The van der Waals surface area contributed by atoms with Crippen LogP contribution in [0.25, 0.3) is 0 Å². The molecule has 0 aromatic carbocycles. The van der Waals surface area contributed by atoms with Crippen molar-refractivity contribution in [1.82, 2.24) is 19.8 Å². The summed E-state index contributed by atoms with van der Waals surface area (Å²) in [6, 6.07) is 1.50. The Labute approximate surface area is 109 Å². The summed E-state index contributed by atoms with van der Waals surface area (Å²) in [5.41, 5.74) is 0. The predicted octanol–water partition coefficient (Wildman–Crippen LogP) is 1.53. The monoisotopic (exact) mass is 248 g/mol. The number of rotatable bonds is 5. The summed E-state index contributed by atoms with van der Waals surface area (Å²) in [6.07, 6.45) is 10.8. The van der Waals surface area contributed by atoms with Gasteiger partial charge in [-0.3, -0.25) is 4.90 Å². The minimum Gasteiger partial charge on any atom is -0.337 e. The summed E-state index contributed by atoms with van der Waals surface area (Å²) < 4.78 is 2.14. The largest absolute Gasteiger partial charge is 0.337 e. The van der Waals surface area contributed by atoms with Crippen LogP contribution < -0.4 is 5.32 Å². The zero-order valence-corrected chi connectivity index (χ0v) is 11.3. The van der Waals surface area contributed by atoms with Gasteiger partial charge >= 0.3 is 0 Å². The fourth-order valence-corrected chi connectivity index (χ4v) is 2.88. The highest BCUT2D eigenvalue weighted by Gasteiger charge is 2.31. The molecular weight excluding hydrogens is 224 g/mol. The van der Waals surface area contributed by atoms with Crippen molar-refractivity contribution in [2.75, 3.05) is 13.1 Å². The maximum atomic E-state index is 4.46. The maximum Gasteiger partial charge on any atom is 0.122 e. The summed E-state index contributed by atoms with van der Waals surface area (Å²) in [4.78, 5) is 7.09. The van der Waals surface area contributed by atoms with E-state index in [2.05, 4.69) is 26.8 Å². The smallest absolute Gasteiger partial charge is 0.122 e. The summed E-state index contributed by atoms with van der Waals surface area (Å²) in [7, 11) is 2.09. The second-order valence-corrected chi connectivity index (χ2v) is 5.76. The number of piperidine rings is 1. The lowest BCUT2D eigenvalue weighted by molar-refractivity contribution is 0.202. The molecule has 4 heteroatoms. The van der Waals surface area contributed by atoms with Crippen LogP contribution in [0.5, 0.6) is 0 Å². The summed E-state index contributed by atoms with van der Waals surface area (Å²) in [5.74, 6) is 1.19. The minimum atomic E-state index is 0.694. The number of imidazole rings is 1. The summed E-state index contributed by atoms with van der Waals surface area (Å²) in [5, 5.41) is 3.66. The molecule has 1 aliphatic heterocycles. The highest BCUT2D eigenvalue weighted by Crippen LogP contribution is 2.28.